The molecule has 0 saturated carbocycles. The van der Waals surface area contributed by atoms with Gasteiger partial charge in [-0.1, -0.05) is 48.5 Å². The van der Waals surface area contributed by atoms with Crippen LogP contribution in [0.15, 0.2) is 99.6 Å². The van der Waals surface area contributed by atoms with Crippen LogP contribution in [0.3, 0.4) is 0 Å². The van der Waals surface area contributed by atoms with Crippen molar-refractivity contribution in [2.75, 3.05) is 4.72 Å². The van der Waals surface area contributed by atoms with E-state index in [1.54, 1.807) is 59.9 Å². The first kappa shape index (κ1) is 21.6. The average molecular weight is 494 g/mol. The van der Waals surface area contributed by atoms with E-state index in [1.807, 2.05) is 41.1 Å². The first-order valence-electron chi connectivity index (χ1n) is 10.2. The van der Waals surface area contributed by atoms with Gasteiger partial charge in [0.15, 0.2) is 0 Å². The molecule has 0 fully saturated rings. The summed E-state index contributed by atoms with van der Waals surface area (Å²) in [5.74, 6) is -0.206. The van der Waals surface area contributed by atoms with Crippen molar-refractivity contribution in [2.45, 2.75) is 17.4 Å². The van der Waals surface area contributed by atoms with Crippen LogP contribution in [0, 0.1) is 0 Å². The van der Waals surface area contributed by atoms with E-state index in [0.717, 1.165) is 10.6 Å². The van der Waals surface area contributed by atoms with Crippen molar-refractivity contribution in [3.8, 4) is 0 Å². The minimum Gasteiger partial charge on any atom is -0.279 e. The molecule has 6 nitrogen and oxygen atoms in total. The number of para-hydroxylation sites is 1. The molecule has 3 heterocycles. The van der Waals surface area contributed by atoms with Gasteiger partial charge in [-0.15, -0.1) is 22.7 Å². The first-order chi connectivity index (χ1) is 16.0. The molecule has 0 spiro atoms. The lowest BCUT2D eigenvalue weighted by Crippen LogP contribution is -2.27. The molecule has 5 rings (SSSR count). The van der Waals surface area contributed by atoms with Crippen LogP contribution in [0.1, 0.15) is 32.6 Å². The molecule has 0 aliphatic carbocycles. The molecule has 4 aromatic rings. The first-order valence-corrected chi connectivity index (χ1v) is 13.4. The molecule has 1 unspecified atom stereocenters. The summed E-state index contributed by atoms with van der Waals surface area (Å²) in [7, 11) is -3.79. The number of benzene rings is 2. The third-order valence-corrected chi connectivity index (χ3v) is 8.43. The minimum atomic E-state index is -3.79. The van der Waals surface area contributed by atoms with Gasteiger partial charge < -0.3 is 0 Å². The zero-order valence-corrected chi connectivity index (χ0v) is 19.7. The van der Waals surface area contributed by atoms with E-state index in [4.69, 9.17) is 0 Å². The predicted octanol–water partition coefficient (Wildman–Crippen LogP) is 5.60. The largest absolute Gasteiger partial charge is 0.284 e. The van der Waals surface area contributed by atoms with E-state index in [1.165, 1.54) is 16.3 Å². The van der Waals surface area contributed by atoms with Gasteiger partial charge in [0.2, 0.25) is 0 Å². The van der Waals surface area contributed by atoms with Crippen LogP contribution in [-0.2, 0) is 10.0 Å². The fraction of sp³-hybridized carbons (Fsp3) is 0.0833. The van der Waals surface area contributed by atoms with Crippen molar-refractivity contribution < 1.29 is 13.2 Å². The Morgan fingerprint density at radius 1 is 0.909 bits per heavy atom. The second kappa shape index (κ2) is 8.93. The third-order valence-electron chi connectivity index (χ3n) is 5.27. The number of nitrogens with zero attached hydrogens (tertiary/aromatic N) is 2. The predicted molar refractivity (Wildman–Crippen MR) is 132 cm³/mol. The van der Waals surface area contributed by atoms with Crippen molar-refractivity contribution in [1.29, 1.82) is 0 Å². The van der Waals surface area contributed by atoms with Gasteiger partial charge in [-0.05, 0) is 41.1 Å². The number of anilines is 1. The van der Waals surface area contributed by atoms with Crippen LogP contribution in [0.4, 0.5) is 5.69 Å². The van der Waals surface area contributed by atoms with Gasteiger partial charge in [-0.2, -0.15) is 5.10 Å². The van der Waals surface area contributed by atoms with E-state index < -0.39 is 16.1 Å². The smallest absolute Gasteiger partial charge is 0.279 e. The van der Waals surface area contributed by atoms with Gasteiger partial charge >= 0.3 is 0 Å². The molecule has 1 atom stereocenters. The number of rotatable bonds is 6. The van der Waals surface area contributed by atoms with Crippen molar-refractivity contribution in [3.05, 3.63) is 105 Å². The number of sulfonamides is 1. The van der Waals surface area contributed by atoms with Crippen LogP contribution in [0.25, 0.3) is 0 Å². The quantitative estimate of drug-likeness (QED) is 0.380. The minimum absolute atomic E-state index is 0.174. The Morgan fingerprint density at radius 3 is 2.36 bits per heavy atom. The van der Waals surface area contributed by atoms with E-state index in [0.29, 0.717) is 22.5 Å². The van der Waals surface area contributed by atoms with Crippen LogP contribution in [0.5, 0.6) is 0 Å². The Morgan fingerprint density at radius 2 is 1.64 bits per heavy atom. The van der Waals surface area contributed by atoms with E-state index in [-0.39, 0.29) is 10.8 Å². The van der Waals surface area contributed by atoms with Gasteiger partial charge in [0, 0.05) is 12.0 Å². The van der Waals surface area contributed by atoms with E-state index >= 15 is 0 Å². The molecule has 1 aliphatic rings. The number of thiophene rings is 2. The number of hydrazone groups is 1. The second-order valence-corrected chi connectivity index (χ2v) is 11.0. The average Bonchev–Trinajstić information content (AvgIpc) is 3.61. The highest BCUT2D eigenvalue weighted by Gasteiger charge is 2.36. The van der Waals surface area contributed by atoms with Crippen LogP contribution < -0.4 is 4.72 Å². The Kier molecular flexibility index (Phi) is 5.84. The Hall–Kier alpha value is -3.27. The van der Waals surface area contributed by atoms with Crippen molar-refractivity contribution in [2.24, 2.45) is 5.10 Å². The third kappa shape index (κ3) is 4.35. The Balaban J connectivity index is 1.53. The number of nitrogens with one attached hydrogen (secondary N) is 1. The molecule has 33 heavy (non-hydrogen) atoms. The zero-order chi connectivity index (χ0) is 22.8. The highest BCUT2D eigenvalue weighted by atomic mass is 32.2. The summed E-state index contributed by atoms with van der Waals surface area (Å²) in [6.07, 6.45) is 0.488. The molecule has 9 heteroatoms. The summed E-state index contributed by atoms with van der Waals surface area (Å²) in [6.45, 7) is 0. The molecule has 2 aromatic carbocycles. The second-order valence-electron chi connectivity index (χ2n) is 7.38. The number of carbonyl (C=O) groups is 1. The molecule has 1 N–H and O–H groups in total. The van der Waals surface area contributed by atoms with Crippen molar-refractivity contribution >= 4 is 50.0 Å². The number of hydrogen-bond acceptors (Lipinski definition) is 6. The SMILES string of the molecule is O=C(c1cccs1)N1N=C(c2cccs2)CC1c1ccccc1NS(=O)(=O)c1ccccc1. The van der Waals surface area contributed by atoms with E-state index in [2.05, 4.69) is 9.82 Å². The summed E-state index contributed by atoms with van der Waals surface area (Å²) >= 11 is 2.92. The summed E-state index contributed by atoms with van der Waals surface area (Å²) in [6, 6.07) is 22.5. The number of hydrogen-bond donors (Lipinski definition) is 1. The maximum Gasteiger partial charge on any atom is 0.284 e. The molecule has 0 saturated heterocycles. The summed E-state index contributed by atoms with van der Waals surface area (Å²) in [5.41, 5.74) is 1.93. The van der Waals surface area contributed by atoms with Crippen LogP contribution in [-0.4, -0.2) is 25.0 Å². The van der Waals surface area contributed by atoms with E-state index in [9.17, 15) is 13.2 Å². The lowest BCUT2D eigenvalue weighted by molar-refractivity contribution is 0.0717. The molecule has 2 aromatic heterocycles. The molecule has 0 radical (unpaired) electrons. The van der Waals surface area contributed by atoms with Crippen molar-refractivity contribution in [3.63, 3.8) is 0 Å². The molecule has 1 aliphatic heterocycles. The fourth-order valence-corrected chi connectivity index (χ4v) is 6.21. The highest BCUT2D eigenvalue weighted by molar-refractivity contribution is 7.92. The Labute approximate surface area is 199 Å². The van der Waals surface area contributed by atoms with Gasteiger partial charge in [0.1, 0.15) is 0 Å². The molecule has 0 bridgehead atoms. The number of carbonyl (C=O) groups excluding carboxylic acids is 1. The summed E-state index contributed by atoms with van der Waals surface area (Å²) < 4.78 is 28.7. The van der Waals surface area contributed by atoms with Gasteiger partial charge in [0.05, 0.1) is 32.1 Å². The molecule has 1 amide bonds. The Bertz CT molecular complexity index is 1400. The van der Waals surface area contributed by atoms with Crippen LogP contribution >= 0.6 is 22.7 Å². The fourth-order valence-electron chi connectivity index (χ4n) is 3.73. The maximum absolute atomic E-state index is 13.3. The topological polar surface area (TPSA) is 78.8 Å². The highest BCUT2D eigenvalue weighted by Crippen LogP contribution is 2.39. The summed E-state index contributed by atoms with van der Waals surface area (Å²) in [5, 5.41) is 9.99. The van der Waals surface area contributed by atoms with Crippen LogP contribution in [0.2, 0.25) is 0 Å². The lowest BCUT2D eigenvalue weighted by Gasteiger charge is -2.24. The molecular weight excluding hydrogens is 474 g/mol. The normalized spacial score (nSPS) is 15.9. The molecule has 166 valence electrons. The van der Waals surface area contributed by atoms with Gasteiger partial charge in [0.25, 0.3) is 15.9 Å². The number of amides is 1. The van der Waals surface area contributed by atoms with Gasteiger partial charge in [-0.3, -0.25) is 9.52 Å². The van der Waals surface area contributed by atoms with Gasteiger partial charge in [-0.25, -0.2) is 13.4 Å². The summed E-state index contributed by atoms with van der Waals surface area (Å²) in [4.78, 5) is 15.1. The van der Waals surface area contributed by atoms with Crippen molar-refractivity contribution in [1.82, 2.24) is 5.01 Å². The monoisotopic (exact) mass is 493 g/mol. The standard InChI is InChI=1S/C24H19N3O3S3/c28-24(23-13-7-15-32-23)27-21(16-20(25-27)22-12-6-14-31-22)18-10-4-5-11-19(18)26-33(29,30)17-8-2-1-3-9-17/h1-15,21,26H,16H2. The maximum atomic E-state index is 13.3. The lowest BCUT2D eigenvalue weighted by atomic mass is 9.99. The zero-order valence-electron chi connectivity index (χ0n) is 17.3. The molecular formula is C24H19N3O3S3.